The molecule has 0 bridgehead atoms. The molecule has 0 aliphatic carbocycles. The Bertz CT molecular complexity index is 1330. The van der Waals surface area contributed by atoms with Crippen molar-refractivity contribution in [3.05, 3.63) is 96.5 Å². The quantitative estimate of drug-likeness (QED) is 0.327. The summed E-state index contributed by atoms with van der Waals surface area (Å²) in [5.74, 6) is 0. The van der Waals surface area contributed by atoms with Gasteiger partial charge in [-0.25, -0.2) is 4.85 Å². The van der Waals surface area contributed by atoms with Crippen LogP contribution in [0.2, 0.25) is 0 Å². The first-order valence-electron chi connectivity index (χ1n) is 8.69. The summed E-state index contributed by atoms with van der Waals surface area (Å²) in [5, 5.41) is 1.96. The lowest BCUT2D eigenvalue weighted by molar-refractivity contribution is 0.671. The minimum absolute atomic E-state index is 0.528. The average Bonchev–Trinajstić information content (AvgIpc) is 3.13. The van der Waals surface area contributed by atoms with Gasteiger partial charge in [-0.1, -0.05) is 60.7 Å². The number of aromatic nitrogens is 1. The van der Waals surface area contributed by atoms with E-state index in [4.69, 9.17) is 11.0 Å². The summed E-state index contributed by atoms with van der Waals surface area (Å²) in [6.45, 7) is 7.39. The maximum absolute atomic E-state index is 7.39. The number of pyridine rings is 1. The number of rotatable bonds is 2. The summed E-state index contributed by atoms with van der Waals surface area (Å²) in [6, 6.07) is 26.0. The van der Waals surface area contributed by atoms with Crippen LogP contribution in [0.25, 0.3) is 49.2 Å². The van der Waals surface area contributed by atoms with Crippen molar-refractivity contribution < 1.29 is 4.42 Å². The molecule has 3 heteroatoms. The second kappa shape index (κ2) is 6.12. The summed E-state index contributed by atoms with van der Waals surface area (Å²) in [4.78, 5) is 8.17. The second-order valence-corrected chi connectivity index (χ2v) is 6.35. The van der Waals surface area contributed by atoms with Gasteiger partial charge in [0.05, 0.1) is 12.3 Å². The van der Waals surface area contributed by atoms with Gasteiger partial charge in [0.15, 0.2) is 0 Å². The molecule has 0 spiro atoms. The molecule has 126 valence electrons. The van der Waals surface area contributed by atoms with Gasteiger partial charge in [-0.3, -0.25) is 4.98 Å². The summed E-state index contributed by atoms with van der Waals surface area (Å²) < 4.78 is 6.15. The predicted molar refractivity (Wildman–Crippen MR) is 109 cm³/mol. The third-order valence-corrected chi connectivity index (χ3v) is 4.77. The molecule has 0 aliphatic heterocycles. The molecule has 2 aromatic heterocycles. The van der Waals surface area contributed by atoms with Gasteiger partial charge in [0.2, 0.25) is 5.69 Å². The van der Waals surface area contributed by atoms with Crippen molar-refractivity contribution >= 4 is 27.6 Å². The van der Waals surface area contributed by atoms with E-state index in [0.717, 1.165) is 38.7 Å². The summed E-state index contributed by atoms with van der Waals surface area (Å²) in [7, 11) is 0. The lowest BCUT2D eigenvalue weighted by Crippen LogP contribution is -1.86. The average molecular weight is 346 g/mol. The molecule has 5 aromatic rings. The van der Waals surface area contributed by atoms with Crippen molar-refractivity contribution in [3.63, 3.8) is 0 Å². The molecule has 3 aromatic carbocycles. The van der Waals surface area contributed by atoms with E-state index < -0.39 is 0 Å². The highest BCUT2D eigenvalue weighted by molar-refractivity contribution is 6.12. The van der Waals surface area contributed by atoms with Crippen molar-refractivity contribution in [1.29, 1.82) is 0 Å². The van der Waals surface area contributed by atoms with Crippen molar-refractivity contribution in [3.8, 4) is 22.4 Å². The Kier molecular flexibility index (Phi) is 3.48. The monoisotopic (exact) mass is 346 g/mol. The van der Waals surface area contributed by atoms with E-state index in [9.17, 15) is 0 Å². The molecule has 27 heavy (non-hydrogen) atoms. The van der Waals surface area contributed by atoms with Crippen molar-refractivity contribution in [2.45, 2.75) is 0 Å². The Hall–Kier alpha value is -3.90. The van der Waals surface area contributed by atoms with E-state index in [0.29, 0.717) is 11.3 Å². The Labute approximate surface area is 156 Å². The fourth-order valence-corrected chi connectivity index (χ4v) is 3.48. The Balaban J connectivity index is 1.76. The standard InChI is InChI=1S/C24H14N2O/c1-25-21-12-6-10-19-18-9-5-11-20(23(18)27-24(19)21)22-15-17(13-14-26-22)16-7-3-2-4-8-16/h2-15H. The van der Waals surface area contributed by atoms with Gasteiger partial charge in [0.1, 0.15) is 11.2 Å². The molecule has 0 saturated carbocycles. The zero-order valence-electron chi connectivity index (χ0n) is 14.4. The minimum Gasteiger partial charge on any atom is -0.466 e. The molecule has 0 radical (unpaired) electrons. The van der Waals surface area contributed by atoms with Crippen LogP contribution in [0.4, 0.5) is 5.69 Å². The number of nitrogens with zero attached hydrogens (tertiary/aromatic N) is 2. The van der Waals surface area contributed by atoms with E-state index in [2.05, 4.69) is 28.0 Å². The topological polar surface area (TPSA) is 30.4 Å². The van der Waals surface area contributed by atoms with Crippen LogP contribution in [0, 0.1) is 6.57 Å². The van der Waals surface area contributed by atoms with Crippen LogP contribution < -0.4 is 0 Å². The lowest BCUT2D eigenvalue weighted by Gasteiger charge is -2.06. The number of hydrogen-bond donors (Lipinski definition) is 0. The number of hydrogen-bond acceptors (Lipinski definition) is 2. The Morgan fingerprint density at radius 1 is 0.741 bits per heavy atom. The highest BCUT2D eigenvalue weighted by Gasteiger charge is 2.15. The first kappa shape index (κ1) is 15.4. The second-order valence-electron chi connectivity index (χ2n) is 6.35. The van der Waals surface area contributed by atoms with Crippen molar-refractivity contribution in [1.82, 2.24) is 4.98 Å². The molecule has 0 atom stereocenters. The zero-order chi connectivity index (χ0) is 18.2. The molecule has 0 saturated heterocycles. The van der Waals surface area contributed by atoms with Crippen LogP contribution in [0.5, 0.6) is 0 Å². The van der Waals surface area contributed by atoms with Gasteiger partial charge in [-0.05, 0) is 29.3 Å². The van der Waals surface area contributed by atoms with Crippen LogP contribution in [0.1, 0.15) is 0 Å². The Morgan fingerprint density at radius 2 is 1.52 bits per heavy atom. The molecule has 0 amide bonds. The normalized spacial score (nSPS) is 10.9. The van der Waals surface area contributed by atoms with Gasteiger partial charge in [0, 0.05) is 22.5 Å². The molecule has 3 nitrogen and oxygen atoms in total. The molecule has 5 rings (SSSR count). The van der Waals surface area contributed by atoms with Gasteiger partial charge >= 0.3 is 0 Å². The third-order valence-electron chi connectivity index (χ3n) is 4.77. The van der Waals surface area contributed by atoms with Crippen molar-refractivity contribution in [2.75, 3.05) is 0 Å². The SMILES string of the molecule is [C-]#[N+]c1cccc2c1oc1c(-c3cc(-c4ccccc4)ccn3)cccc12. The Morgan fingerprint density at radius 3 is 2.33 bits per heavy atom. The van der Waals surface area contributed by atoms with Crippen LogP contribution in [0.3, 0.4) is 0 Å². The zero-order valence-corrected chi connectivity index (χ0v) is 14.4. The van der Waals surface area contributed by atoms with Crippen LogP contribution >= 0.6 is 0 Å². The van der Waals surface area contributed by atoms with Crippen LogP contribution in [0.15, 0.2) is 89.5 Å². The largest absolute Gasteiger partial charge is 0.466 e. The number of fused-ring (bicyclic) bond motifs is 3. The van der Waals surface area contributed by atoms with Crippen molar-refractivity contribution in [2.24, 2.45) is 0 Å². The minimum atomic E-state index is 0.528. The predicted octanol–water partition coefficient (Wildman–Crippen LogP) is 6.87. The highest BCUT2D eigenvalue weighted by Crippen LogP contribution is 2.39. The van der Waals surface area contributed by atoms with Crippen LogP contribution in [-0.4, -0.2) is 4.98 Å². The smallest absolute Gasteiger partial charge is 0.229 e. The van der Waals surface area contributed by atoms with E-state index in [-0.39, 0.29) is 0 Å². The van der Waals surface area contributed by atoms with Gasteiger partial charge in [-0.2, -0.15) is 0 Å². The van der Waals surface area contributed by atoms with Gasteiger partial charge in [0.25, 0.3) is 0 Å². The highest BCUT2D eigenvalue weighted by atomic mass is 16.3. The maximum atomic E-state index is 7.39. The number of furan rings is 1. The van der Waals surface area contributed by atoms with E-state index in [1.165, 1.54) is 0 Å². The van der Waals surface area contributed by atoms with Crippen LogP contribution in [-0.2, 0) is 0 Å². The maximum Gasteiger partial charge on any atom is 0.229 e. The van der Waals surface area contributed by atoms with E-state index in [1.807, 2.05) is 60.8 Å². The first-order chi connectivity index (χ1) is 13.3. The van der Waals surface area contributed by atoms with Gasteiger partial charge < -0.3 is 4.42 Å². The molecule has 0 N–H and O–H groups in total. The van der Waals surface area contributed by atoms with E-state index >= 15 is 0 Å². The van der Waals surface area contributed by atoms with Gasteiger partial charge in [-0.15, -0.1) is 0 Å². The fraction of sp³-hybridized carbons (Fsp3) is 0. The number of para-hydroxylation sites is 2. The third kappa shape index (κ3) is 2.47. The first-order valence-corrected chi connectivity index (χ1v) is 8.69. The molecule has 0 fully saturated rings. The molecule has 2 heterocycles. The molecular weight excluding hydrogens is 332 g/mol. The summed E-state index contributed by atoms with van der Waals surface area (Å²) in [6.07, 6.45) is 1.82. The fourth-order valence-electron chi connectivity index (χ4n) is 3.48. The summed E-state index contributed by atoms with van der Waals surface area (Å²) in [5.41, 5.74) is 5.96. The lowest BCUT2D eigenvalue weighted by atomic mass is 10.0. The number of benzene rings is 3. The molecular formula is C24H14N2O. The molecule has 0 unspecified atom stereocenters. The summed E-state index contributed by atoms with van der Waals surface area (Å²) >= 11 is 0. The van der Waals surface area contributed by atoms with E-state index in [1.54, 1.807) is 6.07 Å². The molecule has 0 aliphatic rings.